The molecule has 0 unspecified atom stereocenters. The summed E-state index contributed by atoms with van der Waals surface area (Å²) in [6, 6.07) is 6.92. The summed E-state index contributed by atoms with van der Waals surface area (Å²) in [5.74, 6) is 0.629. The van der Waals surface area contributed by atoms with Crippen molar-refractivity contribution in [2.75, 3.05) is 39.2 Å². The van der Waals surface area contributed by atoms with E-state index in [1.54, 1.807) is 18.2 Å². The molecule has 0 spiro atoms. The highest BCUT2D eigenvalue weighted by Gasteiger charge is 2.20. The average Bonchev–Trinajstić information content (AvgIpc) is 2.42. The van der Waals surface area contributed by atoms with Gasteiger partial charge in [0.05, 0.1) is 12.3 Å². The van der Waals surface area contributed by atoms with Crippen LogP contribution in [0.4, 0.5) is 5.69 Å². The van der Waals surface area contributed by atoms with Gasteiger partial charge in [0.25, 0.3) is 0 Å². The molecule has 0 heterocycles. The van der Waals surface area contributed by atoms with Gasteiger partial charge in [0, 0.05) is 27.2 Å². The van der Waals surface area contributed by atoms with E-state index in [4.69, 9.17) is 4.74 Å². The summed E-state index contributed by atoms with van der Waals surface area (Å²) < 4.78 is 31.2. The Morgan fingerprint density at radius 3 is 2.48 bits per heavy atom. The summed E-state index contributed by atoms with van der Waals surface area (Å²) >= 11 is 0. The lowest BCUT2D eigenvalue weighted by Gasteiger charge is -2.16. The molecule has 120 valence electrons. The van der Waals surface area contributed by atoms with Gasteiger partial charge in [0.2, 0.25) is 10.0 Å². The van der Waals surface area contributed by atoms with Crippen LogP contribution < -0.4 is 5.32 Å². The van der Waals surface area contributed by atoms with Crippen molar-refractivity contribution in [2.24, 2.45) is 5.92 Å². The molecule has 0 radical (unpaired) electrons. The third-order valence-corrected chi connectivity index (χ3v) is 4.92. The highest BCUT2D eigenvalue weighted by atomic mass is 32.2. The van der Waals surface area contributed by atoms with Crippen molar-refractivity contribution in [3.8, 4) is 0 Å². The van der Waals surface area contributed by atoms with Crippen molar-refractivity contribution in [2.45, 2.75) is 25.2 Å². The number of hydrogen-bond acceptors (Lipinski definition) is 4. The number of benzene rings is 1. The van der Waals surface area contributed by atoms with E-state index in [1.165, 1.54) is 18.4 Å². The normalized spacial score (nSPS) is 12.1. The van der Waals surface area contributed by atoms with E-state index in [0.717, 1.165) is 13.0 Å². The molecule has 0 saturated heterocycles. The molecule has 1 N–H and O–H groups in total. The summed E-state index contributed by atoms with van der Waals surface area (Å²) in [5, 5.41) is 3.13. The van der Waals surface area contributed by atoms with E-state index >= 15 is 0 Å². The zero-order valence-corrected chi connectivity index (χ0v) is 14.1. The number of anilines is 1. The minimum absolute atomic E-state index is 0.289. The quantitative estimate of drug-likeness (QED) is 0.711. The topological polar surface area (TPSA) is 58.6 Å². The van der Waals surface area contributed by atoms with Gasteiger partial charge in [-0.25, -0.2) is 12.7 Å². The second-order valence-corrected chi connectivity index (χ2v) is 7.63. The lowest BCUT2D eigenvalue weighted by Crippen LogP contribution is -2.23. The molecule has 0 aliphatic heterocycles. The minimum Gasteiger partial charge on any atom is -0.382 e. The maximum atomic E-state index is 12.2. The van der Waals surface area contributed by atoms with Crippen LogP contribution in [0.3, 0.4) is 0 Å². The van der Waals surface area contributed by atoms with E-state index in [0.29, 0.717) is 24.8 Å². The Bertz CT molecular complexity index is 527. The van der Waals surface area contributed by atoms with Gasteiger partial charge in [-0.05, 0) is 24.5 Å². The Labute approximate surface area is 128 Å². The third-order valence-electron chi connectivity index (χ3n) is 3.05. The fraction of sp³-hybridized carbons (Fsp3) is 0.600. The van der Waals surface area contributed by atoms with Crippen LogP contribution >= 0.6 is 0 Å². The van der Waals surface area contributed by atoms with Gasteiger partial charge < -0.3 is 10.1 Å². The summed E-state index contributed by atoms with van der Waals surface area (Å²) in [4.78, 5) is 0.289. The summed E-state index contributed by atoms with van der Waals surface area (Å²) in [7, 11) is -0.378. The molecule has 0 aromatic heterocycles. The summed E-state index contributed by atoms with van der Waals surface area (Å²) in [6.45, 7) is 6.19. The molecule has 0 aliphatic rings. The average molecular weight is 314 g/mol. The molecule has 1 aromatic carbocycles. The number of rotatable bonds is 9. The van der Waals surface area contributed by atoms with Crippen molar-refractivity contribution >= 4 is 15.7 Å². The van der Waals surface area contributed by atoms with E-state index in [2.05, 4.69) is 19.2 Å². The van der Waals surface area contributed by atoms with Gasteiger partial charge in [-0.1, -0.05) is 26.0 Å². The Balaban J connectivity index is 2.57. The van der Waals surface area contributed by atoms with Gasteiger partial charge in [0.1, 0.15) is 4.90 Å². The lowest BCUT2D eigenvalue weighted by molar-refractivity contribution is 0.132. The Morgan fingerprint density at radius 2 is 1.86 bits per heavy atom. The number of hydrogen-bond donors (Lipinski definition) is 1. The van der Waals surface area contributed by atoms with E-state index < -0.39 is 10.0 Å². The Morgan fingerprint density at radius 1 is 1.19 bits per heavy atom. The fourth-order valence-electron chi connectivity index (χ4n) is 1.71. The van der Waals surface area contributed by atoms with Crippen LogP contribution in [-0.2, 0) is 14.8 Å². The number of nitrogens with zero attached hydrogens (tertiary/aromatic N) is 1. The molecule has 21 heavy (non-hydrogen) atoms. The van der Waals surface area contributed by atoms with Crippen LogP contribution in [0.25, 0.3) is 0 Å². The van der Waals surface area contributed by atoms with Crippen LogP contribution in [0, 0.1) is 5.92 Å². The molecule has 6 heteroatoms. The van der Waals surface area contributed by atoms with Gasteiger partial charge >= 0.3 is 0 Å². The molecule has 1 aromatic rings. The van der Waals surface area contributed by atoms with Crippen molar-refractivity contribution in [3.05, 3.63) is 24.3 Å². The van der Waals surface area contributed by atoms with Crippen LogP contribution in [0.2, 0.25) is 0 Å². The minimum atomic E-state index is -3.44. The molecule has 0 atom stereocenters. The third kappa shape index (κ3) is 5.65. The number of sulfonamides is 1. The van der Waals surface area contributed by atoms with Gasteiger partial charge in [-0.15, -0.1) is 0 Å². The van der Waals surface area contributed by atoms with Crippen LogP contribution in [-0.4, -0.2) is 46.6 Å². The highest BCUT2D eigenvalue weighted by molar-refractivity contribution is 7.89. The van der Waals surface area contributed by atoms with Crippen LogP contribution in [0.1, 0.15) is 20.3 Å². The van der Waals surface area contributed by atoms with E-state index in [-0.39, 0.29) is 4.90 Å². The van der Waals surface area contributed by atoms with Crippen LogP contribution in [0.15, 0.2) is 29.2 Å². The maximum absolute atomic E-state index is 12.2. The van der Waals surface area contributed by atoms with Gasteiger partial charge in [-0.3, -0.25) is 0 Å². The number of ether oxygens (including phenoxy) is 1. The maximum Gasteiger partial charge on any atom is 0.244 e. The van der Waals surface area contributed by atoms with E-state index in [1.807, 2.05) is 6.07 Å². The van der Waals surface area contributed by atoms with Crippen molar-refractivity contribution < 1.29 is 13.2 Å². The molecule has 0 saturated carbocycles. The van der Waals surface area contributed by atoms with Gasteiger partial charge in [-0.2, -0.15) is 0 Å². The molecule has 5 nitrogen and oxygen atoms in total. The standard InChI is InChI=1S/C15H26N2O3S/c1-13(2)9-11-20-12-10-16-14-7-5-6-8-15(14)21(18,19)17(3)4/h5-8,13,16H,9-12H2,1-4H3. The first kappa shape index (κ1) is 17.9. The zero-order chi connectivity index (χ0) is 15.9. The molecule has 1 rings (SSSR count). The number of para-hydroxylation sites is 1. The molecule has 0 aliphatic carbocycles. The predicted molar refractivity (Wildman–Crippen MR) is 86.1 cm³/mol. The van der Waals surface area contributed by atoms with Crippen LogP contribution in [0.5, 0.6) is 0 Å². The lowest BCUT2D eigenvalue weighted by atomic mass is 10.1. The second kappa shape index (κ2) is 8.36. The first-order chi connectivity index (χ1) is 9.85. The molecule has 0 amide bonds. The molecule has 0 fully saturated rings. The summed E-state index contributed by atoms with van der Waals surface area (Å²) in [5.41, 5.74) is 0.610. The molecular weight excluding hydrogens is 288 g/mol. The molecule has 0 bridgehead atoms. The SMILES string of the molecule is CC(C)CCOCCNc1ccccc1S(=O)(=O)N(C)C. The largest absolute Gasteiger partial charge is 0.382 e. The summed E-state index contributed by atoms with van der Waals surface area (Å²) in [6.07, 6.45) is 1.03. The first-order valence-electron chi connectivity index (χ1n) is 7.19. The van der Waals surface area contributed by atoms with Crippen molar-refractivity contribution in [1.29, 1.82) is 0 Å². The predicted octanol–water partition coefficient (Wildman–Crippen LogP) is 2.41. The van der Waals surface area contributed by atoms with Crippen molar-refractivity contribution in [3.63, 3.8) is 0 Å². The van der Waals surface area contributed by atoms with Gasteiger partial charge in [0.15, 0.2) is 0 Å². The zero-order valence-electron chi connectivity index (χ0n) is 13.3. The monoisotopic (exact) mass is 314 g/mol. The highest BCUT2D eigenvalue weighted by Crippen LogP contribution is 2.22. The fourth-order valence-corrected chi connectivity index (χ4v) is 2.78. The Kier molecular flexibility index (Phi) is 7.14. The van der Waals surface area contributed by atoms with E-state index in [9.17, 15) is 8.42 Å². The first-order valence-corrected chi connectivity index (χ1v) is 8.63. The smallest absolute Gasteiger partial charge is 0.244 e. The Hall–Kier alpha value is -1.11. The van der Waals surface area contributed by atoms with Crippen molar-refractivity contribution in [1.82, 2.24) is 4.31 Å². The number of nitrogens with one attached hydrogen (secondary N) is 1. The molecular formula is C15H26N2O3S. The second-order valence-electron chi connectivity index (χ2n) is 5.51.